The highest BCUT2D eigenvalue weighted by Gasteiger charge is 2.28. The summed E-state index contributed by atoms with van der Waals surface area (Å²) in [5.74, 6) is -1.97. The number of ether oxygens (including phenoxy) is 1. The van der Waals surface area contributed by atoms with Crippen LogP contribution >= 0.6 is 11.6 Å². The van der Waals surface area contributed by atoms with Crippen LogP contribution in [0.3, 0.4) is 0 Å². The van der Waals surface area contributed by atoms with Crippen molar-refractivity contribution in [1.29, 1.82) is 0 Å². The van der Waals surface area contributed by atoms with Gasteiger partial charge in [-0.3, -0.25) is 9.10 Å². The maximum absolute atomic E-state index is 13.3. The van der Waals surface area contributed by atoms with Crippen LogP contribution in [0.15, 0.2) is 72.7 Å². The summed E-state index contributed by atoms with van der Waals surface area (Å²) >= 11 is 6.11. The lowest BCUT2D eigenvalue weighted by Crippen LogP contribution is -2.31. The number of hydrogen-bond acceptors (Lipinski definition) is 5. The Bertz CT molecular complexity index is 1090. The monoisotopic (exact) mass is 466 g/mol. The third-order valence-corrected chi connectivity index (χ3v) is 6.20. The highest BCUT2D eigenvalue weighted by molar-refractivity contribution is 7.93. The molecule has 0 aliphatic rings. The van der Waals surface area contributed by atoms with Crippen LogP contribution in [-0.2, 0) is 19.6 Å². The third-order valence-electron chi connectivity index (χ3n) is 3.92. The van der Waals surface area contributed by atoms with Crippen LogP contribution in [0.25, 0.3) is 0 Å². The Hall–Kier alpha value is -3.17. The van der Waals surface area contributed by atoms with Gasteiger partial charge in [-0.05, 0) is 42.5 Å². The van der Waals surface area contributed by atoms with Crippen LogP contribution < -0.4 is 9.62 Å². The van der Waals surface area contributed by atoms with E-state index in [4.69, 9.17) is 16.3 Å². The number of rotatable bonds is 10. The highest BCUT2D eigenvalue weighted by Crippen LogP contribution is 2.29. The fourth-order valence-electron chi connectivity index (χ4n) is 2.47. The van der Waals surface area contributed by atoms with Gasteiger partial charge in [0.1, 0.15) is 10.7 Å². The minimum atomic E-state index is -4.25. The molecule has 0 heterocycles. The third kappa shape index (κ3) is 6.16. The van der Waals surface area contributed by atoms with Gasteiger partial charge in [0.25, 0.3) is 15.9 Å². The number of carbonyl (C=O) groups is 2. The van der Waals surface area contributed by atoms with Gasteiger partial charge in [0, 0.05) is 6.54 Å². The molecule has 1 N–H and O–H groups in total. The van der Waals surface area contributed by atoms with Crippen LogP contribution in [0, 0.1) is 5.82 Å². The summed E-state index contributed by atoms with van der Waals surface area (Å²) in [5.41, 5.74) is 0.0707. The minimum absolute atomic E-state index is 0.114. The summed E-state index contributed by atoms with van der Waals surface area (Å²) in [4.78, 5) is 23.5. The van der Waals surface area contributed by atoms with Crippen molar-refractivity contribution in [2.75, 3.05) is 24.0 Å². The van der Waals surface area contributed by atoms with Crippen molar-refractivity contribution < 1.29 is 27.1 Å². The molecule has 0 fully saturated rings. The van der Waals surface area contributed by atoms with Gasteiger partial charge >= 0.3 is 5.97 Å². The smallest absolute Gasteiger partial charge is 0.338 e. The molecule has 7 nitrogen and oxygen atoms in total. The summed E-state index contributed by atoms with van der Waals surface area (Å²) < 4.78 is 45.7. The molecule has 0 spiro atoms. The fourth-order valence-corrected chi connectivity index (χ4v) is 4.40. The molecule has 10 heteroatoms. The molecule has 31 heavy (non-hydrogen) atoms. The first-order valence-corrected chi connectivity index (χ1v) is 10.8. The molecular formula is C21H20ClFN2O5S. The molecule has 0 unspecified atom stereocenters. The van der Waals surface area contributed by atoms with Gasteiger partial charge in [-0.1, -0.05) is 23.8 Å². The zero-order valence-electron chi connectivity index (χ0n) is 16.4. The molecule has 1 amide bonds. The number of benzene rings is 2. The van der Waals surface area contributed by atoms with Crippen LogP contribution in [0.4, 0.5) is 10.1 Å². The molecule has 0 atom stereocenters. The number of halogens is 2. The molecule has 0 aliphatic heterocycles. The van der Waals surface area contributed by atoms with Gasteiger partial charge < -0.3 is 10.1 Å². The first-order chi connectivity index (χ1) is 14.7. The first kappa shape index (κ1) is 24.1. The fraction of sp³-hybridized carbons (Fsp3) is 0.143. The zero-order chi connectivity index (χ0) is 23.0. The van der Waals surface area contributed by atoms with Crippen LogP contribution in [0.5, 0.6) is 0 Å². The topological polar surface area (TPSA) is 92.8 Å². The summed E-state index contributed by atoms with van der Waals surface area (Å²) in [7, 11) is -4.25. The first-order valence-electron chi connectivity index (χ1n) is 8.94. The van der Waals surface area contributed by atoms with Crippen molar-refractivity contribution in [3.8, 4) is 0 Å². The molecule has 0 bridgehead atoms. The number of esters is 1. The molecule has 2 aromatic rings. The summed E-state index contributed by atoms with van der Waals surface area (Å²) in [6.07, 6.45) is 2.82. The van der Waals surface area contributed by atoms with E-state index in [0.717, 1.165) is 22.5 Å². The predicted molar refractivity (Wildman–Crippen MR) is 116 cm³/mol. The molecule has 164 valence electrons. The average molecular weight is 467 g/mol. The number of anilines is 1. The quantitative estimate of drug-likeness (QED) is 0.428. The largest absolute Gasteiger partial charge is 0.452 e. The van der Waals surface area contributed by atoms with Crippen molar-refractivity contribution in [1.82, 2.24) is 5.32 Å². The molecule has 2 rings (SSSR count). The summed E-state index contributed by atoms with van der Waals surface area (Å²) in [6.45, 7) is 6.54. The van der Waals surface area contributed by atoms with E-state index in [2.05, 4.69) is 18.5 Å². The number of nitrogens with one attached hydrogen (secondary N) is 1. The Morgan fingerprint density at radius 3 is 2.42 bits per heavy atom. The van der Waals surface area contributed by atoms with Gasteiger partial charge in [-0.2, -0.15) is 0 Å². The van der Waals surface area contributed by atoms with E-state index in [9.17, 15) is 22.4 Å². The molecular weight excluding hydrogens is 447 g/mol. The Kier molecular flexibility index (Phi) is 8.35. The number of sulfonamides is 1. The lowest BCUT2D eigenvalue weighted by Gasteiger charge is -2.24. The van der Waals surface area contributed by atoms with Gasteiger partial charge in [0.2, 0.25) is 0 Å². The Labute approximate surface area is 184 Å². The van der Waals surface area contributed by atoms with E-state index in [1.165, 1.54) is 36.4 Å². The number of carbonyl (C=O) groups excluding carboxylic acids is 2. The van der Waals surface area contributed by atoms with E-state index < -0.39 is 34.3 Å². The lowest BCUT2D eigenvalue weighted by atomic mass is 10.2. The van der Waals surface area contributed by atoms with E-state index in [0.29, 0.717) is 0 Å². The Morgan fingerprint density at radius 1 is 1.13 bits per heavy atom. The second kappa shape index (κ2) is 10.7. The lowest BCUT2D eigenvalue weighted by molar-refractivity contribution is -0.124. The van der Waals surface area contributed by atoms with Crippen LogP contribution in [0.2, 0.25) is 5.02 Å². The molecule has 0 saturated carbocycles. The normalized spacial score (nSPS) is 10.8. The second-order valence-corrected chi connectivity index (χ2v) is 8.35. The minimum Gasteiger partial charge on any atom is -0.452 e. The van der Waals surface area contributed by atoms with Crippen molar-refractivity contribution in [3.63, 3.8) is 0 Å². The van der Waals surface area contributed by atoms with Crippen molar-refractivity contribution in [3.05, 3.63) is 84.2 Å². The molecule has 0 radical (unpaired) electrons. The van der Waals surface area contributed by atoms with Crippen LogP contribution in [-0.4, -0.2) is 40.0 Å². The van der Waals surface area contributed by atoms with Crippen molar-refractivity contribution in [2.24, 2.45) is 0 Å². The highest BCUT2D eigenvalue weighted by atomic mass is 35.5. The number of hydrogen-bond donors (Lipinski definition) is 1. The molecule has 0 saturated heterocycles. The van der Waals surface area contributed by atoms with E-state index in [1.807, 2.05) is 0 Å². The van der Waals surface area contributed by atoms with Crippen molar-refractivity contribution >= 4 is 39.2 Å². The Morgan fingerprint density at radius 2 is 1.81 bits per heavy atom. The van der Waals surface area contributed by atoms with Gasteiger partial charge in [0.15, 0.2) is 6.61 Å². The van der Waals surface area contributed by atoms with E-state index in [1.54, 1.807) is 0 Å². The predicted octanol–water partition coefficient (Wildman–Crippen LogP) is 3.32. The second-order valence-electron chi connectivity index (χ2n) is 6.12. The molecule has 0 aromatic heterocycles. The van der Waals surface area contributed by atoms with Crippen LogP contribution in [0.1, 0.15) is 10.4 Å². The van der Waals surface area contributed by atoms with Gasteiger partial charge in [-0.15, -0.1) is 13.2 Å². The summed E-state index contributed by atoms with van der Waals surface area (Å²) in [5, 5.41) is 2.31. The van der Waals surface area contributed by atoms with Gasteiger partial charge in [0.05, 0.1) is 22.8 Å². The van der Waals surface area contributed by atoms with Gasteiger partial charge in [-0.25, -0.2) is 17.6 Å². The average Bonchev–Trinajstić information content (AvgIpc) is 2.75. The number of nitrogens with zero attached hydrogens (tertiary/aromatic N) is 1. The van der Waals surface area contributed by atoms with E-state index >= 15 is 0 Å². The zero-order valence-corrected chi connectivity index (χ0v) is 18.0. The maximum atomic E-state index is 13.3. The van der Waals surface area contributed by atoms with Crippen molar-refractivity contribution in [2.45, 2.75) is 4.90 Å². The van der Waals surface area contributed by atoms with E-state index in [-0.39, 0.29) is 34.3 Å². The molecule has 0 aliphatic carbocycles. The maximum Gasteiger partial charge on any atom is 0.338 e. The Balaban J connectivity index is 2.34. The number of amides is 1. The SMILES string of the molecule is C=CCNC(=O)COC(=O)c1ccc(Cl)c(S(=O)(=O)N(CC=C)c2ccc(F)cc2)c1. The standard InChI is InChI=1S/C21H20ClFN2O5S/c1-3-11-24-20(26)14-30-21(27)15-5-10-18(22)19(13-15)31(28,29)25(12-4-2)17-8-6-16(23)7-9-17/h3-10,13H,1-2,11-12,14H2,(H,24,26). The molecule has 2 aromatic carbocycles. The summed E-state index contributed by atoms with van der Waals surface area (Å²) in [6, 6.07) is 8.40.